The van der Waals surface area contributed by atoms with Crippen LogP contribution in [-0.4, -0.2) is 17.5 Å². The summed E-state index contributed by atoms with van der Waals surface area (Å²) in [5.41, 5.74) is 0.446. The molecule has 27 heavy (non-hydrogen) atoms. The molecule has 0 bridgehead atoms. The van der Waals surface area contributed by atoms with Gasteiger partial charge in [-0.1, -0.05) is 18.2 Å². The van der Waals surface area contributed by atoms with Crippen molar-refractivity contribution in [3.8, 4) is 5.75 Å². The number of carbonyl (C=O) groups excluding carboxylic acids is 1. The normalized spacial score (nSPS) is 10.8. The fourth-order valence-corrected chi connectivity index (χ4v) is 2.52. The highest BCUT2D eigenvalue weighted by Gasteiger charge is 2.18. The van der Waals surface area contributed by atoms with Crippen molar-refractivity contribution in [1.82, 2.24) is 10.2 Å². The average Bonchev–Trinajstić information content (AvgIpc) is 3.34. The summed E-state index contributed by atoms with van der Waals surface area (Å²) in [5, 5.41) is 2.72. The average molecular weight is 376 g/mol. The van der Waals surface area contributed by atoms with Crippen LogP contribution >= 0.6 is 0 Å². The van der Waals surface area contributed by atoms with Gasteiger partial charge in [0.2, 0.25) is 0 Å². The molecule has 3 rings (SSSR count). The second-order valence-corrected chi connectivity index (χ2v) is 5.66. The zero-order valence-electron chi connectivity index (χ0n) is 14.3. The van der Waals surface area contributed by atoms with Crippen LogP contribution in [0.1, 0.15) is 17.1 Å². The third-order valence-corrected chi connectivity index (χ3v) is 3.76. The Morgan fingerprint density at radius 2 is 1.63 bits per heavy atom. The van der Waals surface area contributed by atoms with Gasteiger partial charge in [-0.05, 0) is 30.3 Å². The van der Waals surface area contributed by atoms with Crippen LogP contribution in [0.3, 0.4) is 0 Å². The topological polar surface area (TPSA) is 67.8 Å². The molecule has 0 aliphatic heterocycles. The molecule has 0 spiro atoms. The lowest BCUT2D eigenvalue weighted by molar-refractivity contribution is -0.0504. The number of rotatable bonds is 8. The first-order valence-electron chi connectivity index (χ1n) is 8.22. The van der Waals surface area contributed by atoms with Crippen molar-refractivity contribution in [3.05, 3.63) is 78.1 Å². The molecule has 2 aromatic heterocycles. The number of carbonyl (C=O) groups is 1. The van der Waals surface area contributed by atoms with Gasteiger partial charge >= 0.3 is 12.6 Å². The van der Waals surface area contributed by atoms with E-state index >= 15 is 0 Å². The first-order valence-corrected chi connectivity index (χ1v) is 8.22. The molecule has 0 aliphatic carbocycles. The van der Waals surface area contributed by atoms with Gasteiger partial charge in [-0.2, -0.15) is 8.78 Å². The van der Waals surface area contributed by atoms with E-state index in [2.05, 4.69) is 10.1 Å². The van der Waals surface area contributed by atoms with Gasteiger partial charge in [-0.3, -0.25) is 0 Å². The number of halogens is 2. The fourth-order valence-electron chi connectivity index (χ4n) is 2.52. The van der Waals surface area contributed by atoms with E-state index in [-0.39, 0.29) is 25.4 Å². The van der Waals surface area contributed by atoms with Crippen LogP contribution in [-0.2, 0) is 19.6 Å². The van der Waals surface area contributed by atoms with E-state index in [1.165, 1.54) is 23.5 Å². The van der Waals surface area contributed by atoms with Crippen LogP contribution < -0.4 is 10.1 Å². The molecule has 2 amide bonds. The molecule has 3 aromatic rings. The fraction of sp³-hybridized carbons (Fsp3) is 0.211. The van der Waals surface area contributed by atoms with Gasteiger partial charge in [0.15, 0.2) is 0 Å². The summed E-state index contributed by atoms with van der Waals surface area (Å²) in [7, 11) is 0. The SMILES string of the molecule is O=C(NCc1ccccc1OC(F)F)N(Cc1ccco1)Cc1ccco1. The monoisotopic (exact) mass is 376 g/mol. The van der Waals surface area contributed by atoms with Gasteiger partial charge in [-0.25, -0.2) is 4.79 Å². The minimum atomic E-state index is -2.93. The summed E-state index contributed by atoms with van der Waals surface area (Å²) >= 11 is 0. The highest BCUT2D eigenvalue weighted by atomic mass is 19.3. The molecule has 8 heteroatoms. The number of ether oxygens (including phenoxy) is 1. The number of nitrogens with zero attached hydrogens (tertiary/aromatic N) is 1. The summed E-state index contributed by atoms with van der Waals surface area (Å²) < 4.78 is 40.1. The number of hydrogen-bond donors (Lipinski definition) is 1. The first kappa shape index (κ1) is 18.5. The lowest BCUT2D eigenvalue weighted by Crippen LogP contribution is -2.38. The molecule has 0 atom stereocenters. The van der Waals surface area contributed by atoms with Gasteiger partial charge in [-0.15, -0.1) is 0 Å². The van der Waals surface area contributed by atoms with Gasteiger partial charge in [0, 0.05) is 12.1 Å². The van der Waals surface area contributed by atoms with E-state index in [4.69, 9.17) is 8.83 Å². The number of amides is 2. The van der Waals surface area contributed by atoms with Crippen molar-refractivity contribution in [3.63, 3.8) is 0 Å². The number of urea groups is 1. The minimum Gasteiger partial charge on any atom is -0.467 e. The standard InChI is InChI=1S/C19H18F2N2O4/c20-18(21)27-17-8-2-1-5-14(17)11-22-19(24)23(12-15-6-3-9-25-15)13-16-7-4-10-26-16/h1-10,18H,11-13H2,(H,22,24). The molecule has 0 radical (unpaired) electrons. The van der Waals surface area contributed by atoms with Gasteiger partial charge < -0.3 is 23.8 Å². The van der Waals surface area contributed by atoms with Crippen LogP contribution in [0.4, 0.5) is 13.6 Å². The van der Waals surface area contributed by atoms with E-state index in [1.807, 2.05) is 0 Å². The molecule has 0 saturated carbocycles. The number of para-hydroxylation sites is 1. The Kier molecular flexibility index (Phi) is 6.09. The highest BCUT2D eigenvalue weighted by Crippen LogP contribution is 2.20. The summed E-state index contributed by atoms with van der Waals surface area (Å²) in [5.74, 6) is 1.24. The molecule has 6 nitrogen and oxygen atoms in total. The number of nitrogens with one attached hydrogen (secondary N) is 1. The Morgan fingerprint density at radius 1 is 1.00 bits per heavy atom. The molecule has 142 valence electrons. The van der Waals surface area contributed by atoms with Crippen LogP contribution in [0.25, 0.3) is 0 Å². The Balaban J connectivity index is 1.67. The van der Waals surface area contributed by atoms with Gasteiger partial charge in [0.1, 0.15) is 17.3 Å². The van der Waals surface area contributed by atoms with E-state index in [1.54, 1.807) is 42.5 Å². The molecule has 1 aromatic carbocycles. The zero-order chi connectivity index (χ0) is 19.1. The van der Waals surface area contributed by atoms with E-state index in [0.29, 0.717) is 17.1 Å². The van der Waals surface area contributed by atoms with Crippen LogP contribution in [0.15, 0.2) is 69.9 Å². The lowest BCUT2D eigenvalue weighted by atomic mass is 10.2. The Labute approximate surface area is 154 Å². The van der Waals surface area contributed by atoms with Crippen molar-refractivity contribution in [2.45, 2.75) is 26.2 Å². The van der Waals surface area contributed by atoms with Crippen molar-refractivity contribution in [2.24, 2.45) is 0 Å². The summed E-state index contributed by atoms with van der Waals surface area (Å²) in [6.07, 6.45) is 3.05. The van der Waals surface area contributed by atoms with E-state index in [9.17, 15) is 13.6 Å². The summed E-state index contributed by atoms with van der Waals surface area (Å²) in [6, 6.07) is 12.9. The van der Waals surface area contributed by atoms with Crippen molar-refractivity contribution in [2.75, 3.05) is 0 Å². The third-order valence-electron chi connectivity index (χ3n) is 3.76. The third kappa shape index (κ3) is 5.34. The highest BCUT2D eigenvalue weighted by molar-refractivity contribution is 5.74. The Hall–Kier alpha value is -3.29. The van der Waals surface area contributed by atoms with E-state index in [0.717, 1.165) is 0 Å². The second kappa shape index (κ2) is 8.88. The van der Waals surface area contributed by atoms with Gasteiger partial charge in [0.05, 0.1) is 25.6 Å². The number of benzene rings is 1. The maximum Gasteiger partial charge on any atom is 0.387 e. The number of furan rings is 2. The Morgan fingerprint density at radius 3 is 2.19 bits per heavy atom. The predicted octanol–water partition coefficient (Wildman–Crippen LogP) is 4.39. The van der Waals surface area contributed by atoms with Crippen LogP contribution in [0.5, 0.6) is 5.75 Å². The predicted molar refractivity (Wildman–Crippen MR) is 92.0 cm³/mol. The molecule has 0 aliphatic rings. The smallest absolute Gasteiger partial charge is 0.387 e. The summed E-state index contributed by atoms with van der Waals surface area (Å²) in [6.45, 7) is -2.44. The summed E-state index contributed by atoms with van der Waals surface area (Å²) in [4.78, 5) is 14.1. The minimum absolute atomic E-state index is 0.0245. The molecule has 0 unspecified atom stereocenters. The largest absolute Gasteiger partial charge is 0.467 e. The lowest BCUT2D eigenvalue weighted by Gasteiger charge is -2.21. The zero-order valence-corrected chi connectivity index (χ0v) is 14.3. The molecule has 2 heterocycles. The number of hydrogen-bond acceptors (Lipinski definition) is 4. The molecular formula is C19H18F2N2O4. The van der Waals surface area contributed by atoms with Crippen molar-refractivity contribution >= 4 is 6.03 Å². The molecular weight excluding hydrogens is 358 g/mol. The maximum absolute atomic E-state index is 12.6. The van der Waals surface area contributed by atoms with Gasteiger partial charge in [0.25, 0.3) is 0 Å². The first-order chi connectivity index (χ1) is 13.1. The molecule has 0 saturated heterocycles. The molecule has 1 N–H and O–H groups in total. The molecule has 0 fully saturated rings. The van der Waals surface area contributed by atoms with Crippen molar-refractivity contribution < 1.29 is 27.1 Å². The Bertz CT molecular complexity index is 799. The van der Waals surface area contributed by atoms with E-state index < -0.39 is 12.6 Å². The quantitative estimate of drug-likeness (QED) is 0.633. The second-order valence-electron chi connectivity index (χ2n) is 5.66. The maximum atomic E-state index is 12.6. The van der Waals surface area contributed by atoms with Crippen LogP contribution in [0, 0.1) is 0 Å². The number of alkyl halides is 2. The van der Waals surface area contributed by atoms with Crippen molar-refractivity contribution in [1.29, 1.82) is 0 Å². The van der Waals surface area contributed by atoms with Crippen LogP contribution in [0.2, 0.25) is 0 Å².